The first-order valence-electron chi connectivity index (χ1n) is 27.6. The van der Waals surface area contributed by atoms with Crippen molar-refractivity contribution in [3.05, 3.63) is 142 Å². The number of hydrogen-bond acceptors (Lipinski definition) is 14. The third-order valence-corrected chi connectivity index (χ3v) is 15.8. The number of likely N-dealkylation sites (tertiary alicyclic amines) is 1. The SMILES string of the molecule is CCCCCCN(CCCC(=O)N1CCC(CN(C[C@H](CNC(=O)c2nc(Cl)c(N)nc2N)Cc2ccccc2C)C(=O)OCC2c3ccccc3-c3ccccc32)CC1)C[C@H](O)[C@@H](O)[C@@H]1O[C@H](c2ccccc2)OC[C@H]1O. The van der Waals surface area contributed by atoms with Crippen LogP contribution in [0.25, 0.3) is 11.1 Å². The highest BCUT2D eigenvalue weighted by Gasteiger charge is 2.40. The summed E-state index contributed by atoms with van der Waals surface area (Å²) < 4.78 is 18.0. The summed E-state index contributed by atoms with van der Waals surface area (Å²) in [5, 5.41) is 36.3. The second kappa shape index (κ2) is 28.1. The Balaban J connectivity index is 0.908. The summed E-state index contributed by atoms with van der Waals surface area (Å²) in [7, 11) is 0. The Morgan fingerprint density at radius 3 is 2.22 bits per heavy atom. The summed E-state index contributed by atoms with van der Waals surface area (Å²) in [6.07, 6.45) is 0.839. The number of nitrogens with one attached hydrogen (secondary N) is 1. The van der Waals surface area contributed by atoms with Crippen molar-refractivity contribution in [1.82, 2.24) is 30.0 Å². The number of carbonyl (C=O) groups is 3. The normalized spacial score (nSPS) is 18.7. The minimum Gasteiger partial charge on any atom is -0.448 e. The lowest BCUT2D eigenvalue weighted by atomic mass is 9.93. The summed E-state index contributed by atoms with van der Waals surface area (Å²) in [5.41, 5.74) is 19.1. The van der Waals surface area contributed by atoms with Gasteiger partial charge in [0, 0.05) is 57.2 Å². The summed E-state index contributed by atoms with van der Waals surface area (Å²) in [6.45, 7) is 7.51. The van der Waals surface area contributed by atoms with Gasteiger partial charge in [-0.1, -0.05) is 141 Å². The van der Waals surface area contributed by atoms with Crippen LogP contribution in [0, 0.1) is 18.8 Å². The number of aromatic nitrogens is 2. The maximum atomic E-state index is 14.7. The van der Waals surface area contributed by atoms with E-state index in [1.165, 1.54) is 0 Å². The zero-order valence-corrected chi connectivity index (χ0v) is 45.7. The van der Waals surface area contributed by atoms with Crippen LogP contribution in [0.15, 0.2) is 103 Å². The molecule has 0 radical (unpaired) electrons. The van der Waals surface area contributed by atoms with Crippen LogP contribution < -0.4 is 16.8 Å². The summed E-state index contributed by atoms with van der Waals surface area (Å²) in [4.78, 5) is 56.0. The molecule has 4 aromatic carbocycles. The van der Waals surface area contributed by atoms with E-state index in [-0.39, 0.29) is 79.0 Å². The Kier molecular flexibility index (Phi) is 20.9. The van der Waals surface area contributed by atoms with Crippen molar-refractivity contribution in [2.75, 3.05) is 77.0 Å². The van der Waals surface area contributed by atoms with Gasteiger partial charge in [0.2, 0.25) is 5.91 Å². The van der Waals surface area contributed by atoms with Crippen LogP contribution in [-0.4, -0.2) is 148 Å². The molecular formula is C60H77ClN8O9. The number of benzene rings is 4. The number of halogens is 1. The van der Waals surface area contributed by atoms with Crippen LogP contribution in [0.1, 0.15) is 109 Å². The fraction of sp³-hybridized carbons (Fsp3) is 0.483. The van der Waals surface area contributed by atoms with Gasteiger partial charge < -0.3 is 61.0 Å². The van der Waals surface area contributed by atoms with E-state index in [0.29, 0.717) is 64.8 Å². The first kappa shape index (κ1) is 58.0. The number of aryl methyl sites for hydroxylation is 1. The molecule has 0 bridgehead atoms. The Morgan fingerprint density at radius 2 is 1.51 bits per heavy atom. The summed E-state index contributed by atoms with van der Waals surface area (Å²) >= 11 is 6.15. The number of nitrogen functional groups attached to an aromatic ring is 2. The number of aliphatic hydroxyl groups excluding tert-OH is 3. The van der Waals surface area contributed by atoms with Gasteiger partial charge in [0.25, 0.3) is 5.91 Å². The van der Waals surface area contributed by atoms with Crippen molar-refractivity contribution in [3.63, 3.8) is 0 Å². The quantitative estimate of drug-likeness (QED) is 0.0310. The first-order chi connectivity index (χ1) is 37.8. The number of nitrogens with zero attached hydrogens (tertiary/aromatic N) is 5. The van der Waals surface area contributed by atoms with E-state index >= 15 is 0 Å². The fourth-order valence-corrected chi connectivity index (χ4v) is 11.2. The van der Waals surface area contributed by atoms with E-state index in [1.807, 2.05) is 90.7 Å². The smallest absolute Gasteiger partial charge is 0.409 e. The van der Waals surface area contributed by atoms with Crippen LogP contribution in [0.4, 0.5) is 16.4 Å². The van der Waals surface area contributed by atoms with E-state index in [9.17, 15) is 29.7 Å². The van der Waals surface area contributed by atoms with Gasteiger partial charge in [0.1, 0.15) is 24.9 Å². The van der Waals surface area contributed by atoms with Crippen LogP contribution >= 0.6 is 11.6 Å². The number of rotatable bonds is 25. The molecular weight excluding hydrogens is 1010 g/mol. The van der Waals surface area contributed by atoms with Crippen LogP contribution in [0.5, 0.6) is 0 Å². The van der Waals surface area contributed by atoms with E-state index < -0.39 is 42.7 Å². The molecule has 2 fully saturated rings. The average Bonchev–Trinajstić information content (AvgIpc) is 3.77. The number of amides is 3. The van der Waals surface area contributed by atoms with Gasteiger partial charge in [0.15, 0.2) is 28.8 Å². The predicted molar refractivity (Wildman–Crippen MR) is 300 cm³/mol. The van der Waals surface area contributed by atoms with Gasteiger partial charge in [-0.05, 0) is 97.3 Å². The number of unbranched alkanes of at least 4 members (excludes halogenated alkanes) is 3. The van der Waals surface area contributed by atoms with Crippen molar-refractivity contribution in [2.24, 2.45) is 11.8 Å². The number of carbonyl (C=O) groups excluding carboxylic acids is 3. The number of hydrogen-bond donors (Lipinski definition) is 6. The van der Waals surface area contributed by atoms with Gasteiger partial charge in [-0.25, -0.2) is 14.8 Å². The van der Waals surface area contributed by atoms with Crippen molar-refractivity contribution in [3.8, 4) is 11.1 Å². The number of ether oxygens (including phenoxy) is 3. The molecule has 3 amide bonds. The Hall–Kier alpha value is -6.18. The molecule has 418 valence electrons. The van der Waals surface area contributed by atoms with Gasteiger partial charge in [-0.2, -0.15) is 0 Å². The molecule has 1 aliphatic carbocycles. The monoisotopic (exact) mass is 1090 g/mol. The molecule has 18 heteroatoms. The number of anilines is 2. The predicted octanol–water partition coefficient (Wildman–Crippen LogP) is 7.54. The molecule has 0 unspecified atom stereocenters. The lowest BCUT2D eigenvalue weighted by molar-refractivity contribution is -0.283. The molecule has 2 saturated heterocycles. The minimum atomic E-state index is -1.37. The molecule has 8 N–H and O–H groups in total. The molecule has 0 spiro atoms. The lowest BCUT2D eigenvalue weighted by Crippen LogP contribution is -2.54. The summed E-state index contributed by atoms with van der Waals surface area (Å²) in [6, 6.07) is 33.8. The van der Waals surface area contributed by atoms with Gasteiger partial charge >= 0.3 is 6.09 Å². The van der Waals surface area contributed by atoms with Gasteiger partial charge in [-0.3, -0.25) is 9.59 Å². The Morgan fingerprint density at radius 1 is 0.846 bits per heavy atom. The molecule has 2 aliphatic heterocycles. The maximum Gasteiger partial charge on any atom is 0.409 e. The zero-order valence-electron chi connectivity index (χ0n) is 44.9. The second-order valence-electron chi connectivity index (χ2n) is 21.1. The van der Waals surface area contributed by atoms with Crippen molar-refractivity contribution in [2.45, 2.75) is 108 Å². The summed E-state index contributed by atoms with van der Waals surface area (Å²) in [5.74, 6) is -1.12. The number of aliphatic hydroxyl groups is 3. The molecule has 5 aromatic rings. The molecule has 17 nitrogen and oxygen atoms in total. The average molecular weight is 1090 g/mol. The number of nitrogens with two attached hydrogens (primary N) is 2. The molecule has 3 heterocycles. The lowest BCUT2D eigenvalue weighted by Gasteiger charge is -2.38. The molecule has 8 rings (SSSR count). The second-order valence-corrected chi connectivity index (χ2v) is 21.5. The largest absolute Gasteiger partial charge is 0.448 e. The zero-order chi connectivity index (χ0) is 55.1. The Labute approximate surface area is 463 Å². The molecule has 78 heavy (non-hydrogen) atoms. The topological polar surface area (TPSA) is 239 Å². The van der Waals surface area contributed by atoms with Crippen molar-refractivity contribution in [1.29, 1.82) is 0 Å². The highest BCUT2D eigenvalue weighted by molar-refractivity contribution is 6.31. The van der Waals surface area contributed by atoms with E-state index in [4.69, 9.17) is 37.3 Å². The third-order valence-electron chi connectivity index (χ3n) is 15.5. The molecule has 3 aliphatic rings. The van der Waals surface area contributed by atoms with Crippen molar-refractivity contribution < 1.29 is 43.9 Å². The number of fused-ring (bicyclic) bond motifs is 3. The fourth-order valence-electron chi connectivity index (χ4n) is 11.1. The number of piperidine rings is 1. The van der Waals surface area contributed by atoms with Crippen molar-refractivity contribution >= 4 is 41.1 Å². The molecule has 1 aromatic heterocycles. The van der Waals surface area contributed by atoms with Crippen LogP contribution in [-0.2, 0) is 25.4 Å². The molecule has 6 atom stereocenters. The van der Waals surface area contributed by atoms with Gasteiger partial charge in [0.05, 0.1) is 12.7 Å². The van der Waals surface area contributed by atoms with Gasteiger partial charge in [-0.15, -0.1) is 0 Å². The third kappa shape index (κ3) is 15.1. The standard InChI is InChI=1S/C60H77ClN8O9/c1-3-4-5-15-28-67(36-49(70)53(73)54-50(71)38-76-59(78-54)42-18-7-6-8-19-42)29-16-25-51(72)68-30-26-40(27-31-68)34-69(60(75)77-37-48-46-23-13-11-21-44(46)45-22-12-14-24-47(45)48)35-41(32-43-20-10-9-17-39(43)2)33-64-58(74)52-56(62)66-57(63)55(61)65-52/h6-14,17-24,40-41,48-50,53-54,59,70-71,73H,3-5,15-16,25-38H2,1-2H3,(H,64,74)(H4,62,63,66)/t41-,49-,50+,53+,54+,59+/m0/s1. The molecule has 0 saturated carbocycles. The van der Waals surface area contributed by atoms with E-state index in [1.54, 1.807) is 4.90 Å². The van der Waals surface area contributed by atoms with Crippen LogP contribution in [0.3, 0.4) is 0 Å². The first-order valence-corrected chi connectivity index (χ1v) is 28.0. The highest BCUT2D eigenvalue weighted by atomic mass is 35.5. The van der Waals surface area contributed by atoms with E-state index in [2.05, 4.69) is 51.4 Å². The van der Waals surface area contributed by atoms with E-state index in [0.717, 1.165) is 64.6 Å². The van der Waals surface area contributed by atoms with Crippen LogP contribution in [0.2, 0.25) is 5.15 Å². The maximum absolute atomic E-state index is 14.7. The minimum absolute atomic E-state index is 0.0424. The Bertz CT molecular complexity index is 2720. The highest BCUT2D eigenvalue weighted by Crippen LogP contribution is 2.44.